The summed E-state index contributed by atoms with van der Waals surface area (Å²) < 4.78 is 0. The number of amides is 1. The molecule has 0 bridgehead atoms. The summed E-state index contributed by atoms with van der Waals surface area (Å²) >= 11 is 3.38. The van der Waals surface area contributed by atoms with Crippen molar-refractivity contribution in [2.75, 3.05) is 6.26 Å². The maximum atomic E-state index is 11.8. The van der Waals surface area contributed by atoms with Gasteiger partial charge in [0.15, 0.2) is 0 Å². The molecule has 2 aromatic heterocycles. The van der Waals surface area contributed by atoms with Gasteiger partial charge in [0, 0.05) is 23.5 Å². The van der Waals surface area contributed by atoms with E-state index in [1.165, 1.54) is 0 Å². The smallest absolute Gasteiger partial charge is 0.224 e. The van der Waals surface area contributed by atoms with Gasteiger partial charge in [0.2, 0.25) is 5.91 Å². The summed E-state index contributed by atoms with van der Waals surface area (Å²) in [7, 11) is 0. The number of carbonyl (C=O) groups is 1. The highest BCUT2D eigenvalue weighted by atomic mass is 32.2. The van der Waals surface area contributed by atoms with E-state index in [0.29, 0.717) is 13.0 Å². The fourth-order valence-corrected chi connectivity index (χ4v) is 3.07. The van der Waals surface area contributed by atoms with Crippen LogP contribution in [0.1, 0.15) is 16.3 Å². The zero-order valence-corrected chi connectivity index (χ0v) is 12.3. The highest BCUT2D eigenvalue weighted by molar-refractivity contribution is 7.97. The molecular weight excluding hydrogens is 278 g/mol. The lowest BCUT2D eigenvalue weighted by molar-refractivity contribution is -0.120. The van der Waals surface area contributed by atoms with Crippen LogP contribution in [0.3, 0.4) is 0 Å². The second kappa shape index (κ2) is 7.25. The largest absolute Gasteiger partial charge is 0.350 e. The van der Waals surface area contributed by atoms with Crippen molar-refractivity contribution >= 4 is 29.0 Å². The molecule has 2 heterocycles. The number of nitrogens with one attached hydrogen (secondary N) is 1. The maximum Gasteiger partial charge on any atom is 0.224 e. The van der Waals surface area contributed by atoms with Gasteiger partial charge in [0.05, 0.1) is 18.7 Å². The van der Waals surface area contributed by atoms with Crippen molar-refractivity contribution in [2.45, 2.75) is 18.7 Å². The van der Waals surface area contributed by atoms with E-state index in [0.717, 1.165) is 22.0 Å². The zero-order valence-electron chi connectivity index (χ0n) is 10.6. The van der Waals surface area contributed by atoms with Crippen molar-refractivity contribution in [1.29, 1.82) is 0 Å². The van der Waals surface area contributed by atoms with Crippen molar-refractivity contribution in [2.24, 2.45) is 0 Å². The van der Waals surface area contributed by atoms with E-state index >= 15 is 0 Å². The summed E-state index contributed by atoms with van der Waals surface area (Å²) in [6.07, 6.45) is 5.81. The predicted octanol–water partition coefficient (Wildman–Crippen LogP) is 2.26. The molecule has 0 spiro atoms. The molecule has 0 saturated carbocycles. The maximum absolute atomic E-state index is 11.8. The molecule has 0 unspecified atom stereocenters. The Morgan fingerprint density at radius 3 is 3.16 bits per heavy atom. The number of rotatable bonds is 6. The Kier molecular flexibility index (Phi) is 5.35. The minimum Gasteiger partial charge on any atom is -0.350 e. The predicted molar refractivity (Wildman–Crippen MR) is 79.1 cm³/mol. The third kappa shape index (κ3) is 4.65. The van der Waals surface area contributed by atoms with Crippen molar-refractivity contribution in [3.05, 3.63) is 46.2 Å². The van der Waals surface area contributed by atoms with Crippen LogP contribution in [0, 0.1) is 0 Å². The number of aromatic nitrogens is 2. The molecule has 0 aliphatic carbocycles. The Morgan fingerprint density at radius 1 is 1.53 bits per heavy atom. The molecule has 0 atom stereocenters. The van der Waals surface area contributed by atoms with Crippen LogP contribution in [-0.4, -0.2) is 22.1 Å². The monoisotopic (exact) mass is 293 g/mol. The first kappa shape index (κ1) is 14.0. The van der Waals surface area contributed by atoms with E-state index in [4.69, 9.17) is 0 Å². The van der Waals surface area contributed by atoms with Crippen molar-refractivity contribution in [3.8, 4) is 0 Å². The molecular formula is C13H15N3OS2. The van der Waals surface area contributed by atoms with Gasteiger partial charge in [0.25, 0.3) is 0 Å². The summed E-state index contributed by atoms with van der Waals surface area (Å²) in [6.45, 7) is 0.490. The second-order valence-corrected chi connectivity index (χ2v) is 5.79. The van der Waals surface area contributed by atoms with Gasteiger partial charge >= 0.3 is 0 Å². The first-order valence-electron chi connectivity index (χ1n) is 5.85. The van der Waals surface area contributed by atoms with Crippen LogP contribution in [0.5, 0.6) is 0 Å². The van der Waals surface area contributed by atoms with Crippen molar-refractivity contribution in [1.82, 2.24) is 15.3 Å². The summed E-state index contributed by atoms with van der Waals surface area (Å²) in [5, 5.41) is 5.97. The van der Waals surface area contributed by atoms with E-state index in [9.17, 15) is 4.79 Å². The first-order valence-corrected chi connectivity index (χ1v) is 8.13. The van der Waals surface area contributed by atoms with E-state index in [1.807, 2.05) is 17.5 Å². The van der Waals surface area contributed by atoms with Crippen LogP contribution in [0.25, 0.3) is 0 Å². The van der Waals surface area contributed by atoms with E-state index < -0.39 is 0 Å². The number of pyridine rings is 1. The minimum atomic E-state index is -0.00702. The molecule has 0 aliphatic heterocycles. The van der Waals surface area contributed by atoms with E-state index in [1.54, 1.807) is 35.5 Å². The molecule has 0 aliphatic rings. The number of thiazole rings is 1. The number of thioether (sulfide) groups is 1. The molecule has 0 radical (unpaired) electrons. The molecule has 1 amide bonds. The summed E-state index contributed by atoms with van der Waals surface area (Å²) in [4.78, 5) is 20.2. The zero-order chi connectivity index (χ0) is 13.5. The Balaban J connectivity index is 1.79. The van der Waals surface area contributed by atoms with Crippen LogP contribution >= 0.6 is 23.1 Å². The normalized spacial score (nSPS) is 10.4. The average molecular weight is 293 g/mol. The molecule has 100 valence electrons. The van der Waals surface area contributed by atoms with Gasteiger partial charge in [-0.3, -0.25) is 9.78 Å². The van der Waals surface area contributed by atoms with Gasteiger partial charge in [-0.25, -0.2) is 4.98 Å². The van der Waals surface area contributed by atoms with Gasteiger partial charge in [-0.05, 0) is 17.9 Å². The summed E-state index contributed by atoms with van der Waals surface area (Å²) in [6, 6.07) is 3.73. The first-order chi connectivity index (χ1) is 9.28. The van der Waals surface area contributed by atoms with Gasteiger partial charge in [0.1, 0.15) is 5.01 Å². The summed E-state index contributed by atoms with van der Waals surface area (Å²) in [5.41, 5.74) is 1.84. The lowest BCUT2D eigenvalue weighted by Gasteiger charge is -2.03. The average Bonchev–Trinajstić information content (AvgIpc) is 2.86. The molecule has 1 N–H and O–H groups in total. The Labute approximate surface area is 120 Å². The van der Waals surface area contributed by atoms with Gasteiger partial charge < -0.3 is 5.32 Å². The van der Waals surface area contributed by atoms with Gasteiger partial charge in [-0.2, -0.15) is 11.8 Å². The SMILES string of the molecule is CSCc1nc(CNC(=O)Cc2cccnc2)cs1. The van der Waals surface area contributed by atoms with E-state index in [2.05, 4.69) is 21.5 Å². The fourth-order valence-electron chi connectivity index (χ4n) is 1.56. The second-order valence-electron chi connectivity index (χ2n) is 3.98. The number of carbonyl (C=O) groups excluding carboxylic acids is 1. The highest BCUT2D eigenvalue weighted by Crippen LogP contribution is 2.14. The van der Waals surface area contributed by atoms with Gasteiger partial charge in [-0.15, -0.1) is 11.3 Å². The third-order valence-electron chi connectivity index (χ3n) is 2.42. The number of hydrogen-bond acceptors (Lipinski definition) is 5. The lowest BCUT2D eigenvalue weighted by Crippen LogP contribution is -2.24. The highest BCUT2D eigenvalue weighted by Gasteiger charge is 2.05. The molecule has 2 rings (SSSR count). The van der Waals surface area contributed by atoms with Crippen LogP contribution in [0.2, 0.25) is 0 Å². The van der Waals surface area contributed by atoms with Crippen LogP contribution in [0.15, 0.2) is 29.9 Å². The number of hydrogen-bond donors (Lipinski definition) is 1. The molecule has 0 fully saturated rings. The van der Waals surface area contributed by atoms with Crippen molar-refractivity contribution < 1.29 is 4.79 Å². The topological polar surface area (TPSA) is 54.9 Å². The van der Waals surface area contributed by atoms with Crippen LogP contribution in [-0.2, 0) is 23.5 Å². The van der Waals surface area contributed by atoms with Crippen LogP contribution in [0.4, 0.5) is 0 Å². The fraction of sp³-hybridized carbons (Fsp3) is 0.308. The minimum absolute atomic E-state index is 0.00702. The quantitative estimate of drug-likeness (QED) is 0.887. The number of nitrogens with zero attached hydrogens (tertiary/aromatic N) is 2. The third-order valence-corrected chi connectivity index (χ3v) is 4.06. The Bertz CT molecular complexity index is 528. The molecule has 0 aromatic carbocycles. The van der Waals surface area contributed by atoms with Gasteiger partial charge in [-0.1, -0.05) is 6.07 Å². The van der Waals surface area contributed by atoms with E-state index in [-0.39, 0.29) is 5.91 Å². The molecule has 6 heteroatoms. The standard InChI is InChI=1S/C13H15N3OS2/c1-18-9-13-16-11(8-19-13)7-15-12(17)5-10-3-2-4-14-6-10/h2-4,6,8H,5,7,9H2,1H3,(H,15,17). The Hall–Kier alpha value is -1.40. The molecule has 2 aromatic rings. The van der Waals surface area contributed by atoms with Crippen LogP contribution < -0.4 is 5.32 Å². The lowest BCUT2D eigenvalue weighted by atomic mass is 10.2. The Morgan fingerprint density at radius 2 is 2.42 bits per heavy atom. The van der Waals surface area contributed by atoms with Crippen molar-refractivity contribution in [3.63, 3.8) is 0 Å². The molecule has 4 nitrogen and oxygen atoms in total. The molecule has 0 saturated heterocycles. The molecule has 19 heavy (non-hydrogen) atoms. The summed E-state index contributed by atoms with van der Waals surface area (Å²) in [5.74, 6) is 0.918.